The third-order valence-corrected chi connectivity index (χ3v) is 6.61. The van der Waals surface area contributed by atoms with E-state index in [1.165, 1.54) is 5.56 Å². The van der Waals surface area contributed by atoms with E-state index >= 15 is 0 Å². The van der Waals surface area contributed by atoms with Crippen LogP contribution in [0.4, 0.5) is 17.3 Å². The molecule has 0 saturated carbocycles. The number of H-pyrrole nitrogens is 1. The number of anilines is 3. The van der Waals surface area contributed by atoms with Crippen LogP contribution in [0.3, 0.4) is 0 Å². The van der Waals surface area contributed by atoms with Crippen LogP contribution < -0.4 is 15.6 Å². The second-order valence-electron chi connectivity index (χ2n) is 9.44. The summed E-state index contributed by atoms with van der Waals surface area (Å²) in [5.41, 5.74) is 6.27. The molecule has 0 unspecified atom stereocenters. The number of hydrogen-bond acceptors (Lipinski definition) is 6. The summed E-state index contributed by atoms with van der Waals surface area (Å²) in [6, 6.07) is 19.5. The van der Waals surface area contributed by atoms with E-state index in [1.807, 2.05) is 80.0 Å². The molecular weight excluding hydrogens is 462 g/mol. The number of aromatic nitrogens is 3. The van der Waals surface area contributed by atoms with E-state index in [2.05, 4.69) is 42.4 Å². The lowest BCUT2D eigenvalue weighted by atomic mass is 10.1. The minimum atomic E-state index is -0.123. The Labute approximate surface area is 217 Å². The van der Waals surface area contributed by atoms with Gasteiger partial charge in [-0.1, -0.05) is 12.1 Å². The zero-order chi connectivity index (χ0) is 25.6. The highest BCUT2D eigenvalue weighted by Gasteiger charge is 2.14. The molecule has 0 atom stereocenters. The number of aryl methyl sites for hydroxylation is 1. The van der Waals surface area contributed by atoms with Gasteiger partial charge >= 0.3 is 0 Å². The first kappa shape index (κ1) is 24.5. The second-order valence-corrected chi connectivity index (χ2v) is 9.44. The van der Waals surface area contributed by atoms with Gasteiger partial charge in [0.25, 0.3) is 5.91 Å². The average molecular weight is 495 g/mol. The number of benzene rings is 2. The van der Waals surface area contributed by atoms with Gasteiger partial charge in [0.05, 0.1) is 11.3 Å². The first-order valence-corrected chi connectivity index (χ1v) is 12.5. The van der Waals surface area contributed by atoms with Crippen LogP contribution in [-0.4, -0.2) is 58.9 Å². The molecule has 1 amide bonds. The summed E-state index contributed by atoms with van der Waals surface area (Å²) in [4.78, 5) is 29.7. The Balaban J connectivity index is 1.20. The molecule has 0 radical (unpaired) electrons. The Hall–Kier alpha value is -4.14. The van der Waals surface area contributed by atoms with E-state index in [4.69, 9.17) is 0 Å². The summed E-state index contributed by atoms with van der Waals surface area (Å²) in [6.45, 7) is 7.25. The summed E-state index contributed by atoms with van der Waals surface area (Å²) in [5.74, 6) is 0.389. The fourth-order valence-electron chi connectivity index (χ4n) is 4.36. The van der Waals surface area contributed by atoms with Crippen LogP contribution in [0.15, 0.2) is 79.3 Å². The van der Waals surface area contributed by atoms with Crippen LogP contribution in [-0.2, 0) is 6.54 Å². The van der Waals surface area contributed by atoms with Gasteiger partial charge in [-0.2, -0.15) is 0 Å². The molecule has 0 bridgehead atoms. The van der Waals surface area contributed by atoms with Crippen molar-refractivity contribution in [1.82, 2.24) is 19.8 Å². The Morgan fingerprint density at radius 2 is 1.84 bits per heavy atom. The van der Waals surface area contributed by atoms with Crippen molar-refractivity contribution >= 4 is 23.2 Å². The molecule has 5 rings (SSSR count). The first-order chi connectivity index (χ1) is 18.0. The fourth-order valence-corrected chi connectivity index (χ4v) is 4.36. The van der Waals surface area contributed by atoms with Gasteiger partial charge in [-0.15, -0.1) is 0 Å². The second kappa shape index (κ2) is 11.3. The number of rotatable bonds is 7. The maximum Gasteiger partial charge on any atom is 0.255 e. The van der Waals surface area contributed by atoms with Gasteiger partial charge in [-0.05, 0) is 67.6 Å². The Bertz CT molecular complexity index is 1350. The largest absolute Gasteiger partial charge is 0.324 e. The zero-order valence-corrected chi connectivity index (χ0v) is 21.2. The zero-order valence-electron chi connectivity index (χ0n) is 21.2. The number of amides is 1. The highest BCUT2D eigenvalue weighted by molar-refractivity contribution is 6.04. The van der Waals surface area contributed by atoms with Gasteiger partial charge in [0, 0.05) is 61.9 Å². The fraction of sp³-hybridized carbons (Fsp3) is 0.241. The highest BCUT2D eigenvalue weighted by Crippen LogP contribution is 2.24. The summed E-state index contributed by atoms with van der Waals surface area (Å²) in [7, 11) is 2.16. The quantitative estimate of drug-likeness (QED) is 0.404. The number of likely N-dealkylation sites (N-methyl/N-ethyl adjacent to an activating group) is 1. The van der Waals surface area contributed by atoms with Crippen molar-refractivity contribution in [2.24, 2.45) is 0 Å². The average Bonchev–Trinajstić information content (AvgIpc) is 2.92. The number of nitrogens with one attached hydrogen (secondary N) is 3. The lowest BCUT2D eigenvalue weighted by Crippen LogP contribution is -2.43. The standard InChI is InChI=1S/C29H31N7O/c1-21-18-25(9-10-26(21)33-29-31-13-11-27(34-29)24-4-3-12-30-19-24)32-28(37)23-7-5-22(6-8-23)20-36-16-14-35(2)15-17-36/h3-13,18-19H,14-17,20H2,1-2H3,(H,32,37)(H,31,33,34)/p+1. The topological polar surface area (TPSA) is 87.5 Å². The summed E-state index contributed by atoms with van der Waals surface area (Å²) in [6.07, 6.45) is 5.49. The van der Waals surface area contributed by atoms with Crippen molar-refractivity contribution in [2.45, 2.75) is 13.5 Å². The van der Waals surface area contributed by atoms with Gasteiger partial charge in [0.2, 0.25) is 5.95 Å². The maximum atomic E-state index is 12.8. The molecule has 4 aromatic rings. The van der Waals surface area contributed by atoms with Crippen molar-refractivity contribution in [3.63, 3.8) is 0 Å². The van der Waals surface area contributed by atoms with E-state index in [0.29, 0.717) is 11.5 Å². The maximum absolute atomic E-state index is 12.8. The number of aromatic amines is 1. The first-order valence-electron chi connectivity index (χ1n) is 12.5. The van der Waals surface area contributed by atoms with Gasteiger partial charge in [0.15, 0.2) is 12.4 Å². The lowest BCUT2D eigenvalue weighted by Gasteiger charge is -2.32. The van der Waals surface area contributed by atoms with Crippen molar-refractivity contribution in [1.29, 1.82) is 0 Å². The summed E-state index contributed by atoms with van der Waals surface area (Å²) in [5, 5.41) is 6.29. The van der Waals surface area contributed by atoms with Gasteiger partial charge in [-0.25, -0.2) is 15.0 Å². The molecule has 8 nitrogen and oxygen atoms in total. The molecule has 3 heterocycles. The highest BCUT2D eigenvalue weighted by atomic mass is 16.1. The number of carbonyl (C=O) groups is 1. The van der Waals surface area contributed by atoms with Crippen molar-refractivity contribution in [2.75, 3.05) is 43.9 Å². The summed E-state index contributed by atoms with van der Waals surface area (Å²) >= 11 is 0. The molecule has 1 aliphatic heterocycles. The van der Waals surface area contributed by atoms with Gasteiger partial charge in [0.1, 0.15) is 0 Å². The van der Waals surface area contributed by atoms with Crippen LogP contribution >= 0.6 is 0 Å². The molecule has 1 fully saturated rings. The Kier molecular flexibility index (Phi) is 7.49. The minimum Gasteiger partial charge on any atom is -0.324 e. The molecule has 0 spiro atoms. The molecule has 1 aliphatic rings. The molecule has 2 aromatic carbocycles. The predicted molar refractivity (Wildman–Crippen MR) is 146 cm³/mol. The monoisotopic (exact) mass is 494 g/mol. The molecule has 188 valence electrons. The van der Waals surface area contributed by atoms with E-state index in [9.17, 15) is 4.79 Å². The third kappa shape index (κ3) is 6.35. The molecule has 37 heavy (non-hydrogen) atoms. The molecule has 2 aromatic heterocycles. The van der Waals surface area contributed by atoms with Crippen molar-refractivity contribution in [3.05, 3.63) is 95.9 Å². The van der Waals surface area contributed by atoms with Gasteiger partial charge in [-0.3, -0.25) is 9.69 Å². The number of piperazine rings is 1. The minimum absolute atomic E-state index is 0.123. The molecule has 0 aliphatic carbocycles. The third-order valence-electron chi connectivity index (χ3n) is 6.61. The van der Waals surface area contributed by atoms with Gasteiger partial charge < -0.3 is 15.5 Å². The lowest BCUT2D eigenvalue weighted by molar-refractivity contribution is -0.377. The predicted octanol–water partition coefficient (Wildman–Crippen LogP) is 4.01. The van der Waals surface area contributed by atoms with Crippen LogP contribution in [0, 0.1) is 6.92 Å². The molecule has 1 saturated heterocycles. The number of pyridine rings is 1. The smallest absolute Gasteiger partial charge is 0.255 e. The van der Waals surface area contributed by atoms with Crippen molar-refractivity contribution in [3.8, 4) is 11.3 Å². The van der Waals surface area contributed by atoms with E-state index in [-0.39, 0.29) is 5.91 Å². The van der Waals surface area contributed by atoms with Crippen LogP contribution in [0.5, 0.6) is 0 Å². The van der Waals surface area contributed by atoms with Crippen LogP contribution in [0.2, 0.25) is 0 Å². The number of carbonyl (C=O) groups excluding carboxylic acids is 1. The normalized spacial score (nSPS) is 14.3. The molecular formula is C29H32N7O+. The van der Waals surface area contributed by atoms with Crippen LogP contribution in [0.25, 0.3) is 11.3 Å². The number of hydrogen-bond donors (Lipinski definition) is 2. The Morgan fingerprint density at radius 3 is 2.57 bits per heavy atom. The van der Waals surface area contributed by atoms with Crippen LogP contribution in [0.1, 0.15) is 21.5 Å². The van der Waals surface area contributed by atoms with E-state index < -0.39 is 0 Å². The molecule has 8 heteroatoms. The molecule has 3 N–H and O–H groups in total. The summed E-state index contributed by atoms with van der Waals surface area (Å²) < 4.78 is 0. The number of nitrogens with zero attached hydrogens (tertiary/aromatic N) is 4. The van der Waals surface area contributed by atoms with Crippen molar-refractivity contribution < 1.29 is 9.78 Å². The Morgan fingerprint density at radius 1 is 1.03 bits per heavy atom. The van der Waals surface area contributed by atoms with E-state index in [1.54, 1.807) is 6.20 Å². The van der Waals surface area contributed by atoms with E-state index in [0.717, 1.165) is 60.9 Å². The SMILES string of the molecule is Cc1cc(NC(=O)c2ccc(CN3CCN(C)CC3)cc2)ccc1Nc1nccc(-c2ccc[nH+]c2)n1.